The average molecular weight is 338 g/mol. The number of halogens is 1. The van der Waals surface area contributed by atoms with E-state index in [1.807, 2.05) is 18.2 Å². The van der Waals surface area contributed by atoms with E-state index >= 15 is 0 Å². The molecule has 0 amide bonds. The highest BCUT2D eigenvalue weighted by Gasteiger charge is 2.32. The molecule has 0 spiro atoms. The maximum atomic E-state index is 8.88. The van der Waals surface area contributed by atoms with Crippen LogP contribution in [-0.4, -0.2) is 33.4 Å². The fourth-order valence-corrected chi connectivity index (χ4v) is 3.17. The zero-order chi connectivity index (χ0) is 14.4. The Morgan fingerprint density at radius 2 is 2.20 bits per heavy atom. The SMILES string of the molecule is COCC1(CNc2ccc(C#N)cc2Br)CCNCC1. The van der Waals surface area contributed by atoms with Crippen LogP contribution in [0.25, 0.3) is 0 Å². The van der Waals surface area contributed by atoms with E-state index in [2.05, 4.69) is 32.6 Å². The van der Waals surface area contributed by atoms with Crippen molar-refractivity contribution in [2.24, 2.45) is 5.41 Å². The summed E-state index contributed by atoms with van der Waals surface area (Å²) < 4.78 is 6.35. The first kappa shape index (κ1) is 15.3. The molecule has 1 aliphatic heterocycles. The average Bonchev–Trinajstić information content (AvgIpc) is 2.47. The summed E-state index contributed by atoms with van der Waals surface area (Å²) >= 11 is 3.51. The molecule has 2 rings (SSSR count). The molecule has 1 aromatic rings. The summed E-state index contributed by atoms with van der Waals surface area (Å²) in [4.78, 5) is 0. The predicted octanol–water partition coefficient (Wildman–Crippen LogP) is 2.75. The van der Waals surface area contributed by atoms with Crippen molar-refractivity contribution in [3.05, 3.63) is 28.2 Å². The van der Waals surface area contributed by atoms with Gasteiger partial charge in [-0.05, 0) is 60.1 Å². The van der Waals surface area contributed by atoms with E-state index in [9.17, 15) is 0 Å². The molecule has 0 aliphatic carbocycles. The fraction of sp³-hybridized carbons (Fsp3) is 0.533. The van der Waals surface area contributed by atoms with E-state index in [1.165, 1.54) is 0 Å². The molecule has 20 heavy (non-hydrogen) atoms. The molecule has 4 nitrogen and oxygen atoms in total. The topological polar surface area (TPSA) is 57.1 Å². The zero-order valence-corrected chi connectivity index (χ0v) is 13.3. The van der Waals surface area contributed by atoms with Gasteiger partial charge in [-0.1, -0.05) is 0 Å². The number of nitrogens with zero attached hydrogens (tertiary/aromatic N) is 1. The van der Waals surface area contributed by atoms with Crippen LogP contribution in [0.15, 0.2) is 22.7 Å². The van der Waals surface area contributed by atoms with Crippen LogP contribution in [0.3, 0.4) is 0 Å². The lowest BCUT2D eigenvalue weighted by atomic mass is 9.79. The Kier molecular flexibility index (Phi) is 5.41. The van der Waals surface area contributed by atoms with Crippen molar-refractivity contribution in [3.63, 3.8) is 0 Å². The van der Waals surface area contributed by atoms with Crippen molar-refractivity contribution in [1.29, 1.82) is 5.26 Å². The molecule has 0 saturated carbocycles. The van der Waals surface area contributed by atoms with E-state index in [0.717, 1.165) is 49.2 Å². The molecule has 0 radical (unpaired) electrons. The number of benzene rings is 1. The monoisotopic (exact) mass is 337 g/mol. The number of nitriles is 1. The van der Waals surface area contributed by atoms with E-state index < -0.39 is 0 Å². The molecule has 0 atom stereocenters. The number of rotatable bonds is 5. The largest absolute Gasteiger partial charge is 0.384 e. The third-order valence-corrected chi connectivity index (χ3v) is 4.52. The number of hydrogen-bond acceptors (Lipinski definition) is 4. The fourth-order valence-electron chi connectivity index (χ4n) is 2.65. The van der Waals surface area contributed by atoms with Crippen molar-refractivity contribution < 1.29 is 4.74 Å². The van der Waals surface area contributed by atoms with Crippen LogP contribution in [0, 0.1) is 16.7 Å². The van der Waals surface area contributed by atoms with E-state index in [4.69, 9.17) is 10.00 Å². The van der Waals surface area contributed by atoms with Crippen molar-refractivity contribution in [1.82, 2.24) is 5.32 Å². The minimum Gasteiger partial charge on any atom is -0.384 e. The van der Waals surface area contributed by atoms with Gasteiger partial charge in [0.15, 0.2) is 0 Å². The lowest BCUT2D eigenvalue weighted by molar-refractivity contribution is 0.0636. The van der Waals surface area contributed by atoms with Crippen LogP contribution in [0.4, 0.5) is 5.69 Å². The third-order valence-electron chi connectivity index (χ3n) is 3.87. The van der Waals surface area contributed by atoms with E-state index in [0.29, 0.717) is 5.56 Å². The molecule has 1 fully saturated rings. The Morgan fingerprint density at radius 1 is 1.45 bits per heavy atom. The molecule has 1 aliphatic rings. The van der Waals surface area contributed by atoms with Gasteiger partial charge in [0, 0.05) is 29.2 Å². The number of piperidine rings is 1. The summed E-state index contributed by atoms with van der Waals surface area (Å²) in [5.41, 5.74) is 1.88. The van der Waals surface area contributed by atoms with Crippen LogP contribution in [0.5, 0.6) is 0 Å². The van der Waals surface area contributed by atoms with Gasteiger partial charge in [-0.3, -0.25) is 0 Å². The Bertz CT molecular complexity index is 487. The minimum atomic E-state index is 0.188. The van der Waals surface area contributed by atoms with Crippen molar-refractivity contribution in [2.75, 3.05) is 38.7 Å². The Labute approximate surface area is 128 Å². The maximum Gasteiger partial charge on any atom is 0.0992 e. The molecule has 1 aromatic carbocycles. The van der Waals surface area contributed by atoms with Gasteiger partial charge in [-0.15, -0.1) is 0 Å². The summed E-state index contributed by atoms with van der Waals surface area (Å²) in [6.07, 6.45) is 2.23. The van der Waals surface area contributed by atoms with Crippen LogP contribution in [0.2, 0.25) is 0 Å². The summed E-state index contributed by atoms with van der Waals surface area (Å²) in [5, 5.41) is 15.8. The molecule has 0 aromatic heterocycles. The number of anilines is 1. The Morgan fingerprint density at radius 3 is 2.80 bits per heavy atom. The van der Waals surface area contributed by atoms with Crippen molar-refractivity contribution >= 4 is 21.6 Å². The van der Waals surface area contributed by atoms with E-state index in [-0.39, 0.29) is 5.41 Å². The summed E-state index contributed by atoms with van der Waals surface area (Å²) in [5.74, 6) is 0. The van der Waals surface area contributed by atoms with Crippen LogP contribution < -0.4 is 10.6 Å². The van der Waals surface area contributed by atoms with Gasteiger partial charge in [-0.2, -0.15) is 5.26 Å². The quantitative estimate of drug-likeness (QED) is 0.867. The van der Waals surface area contributed by atoms with Gasteiger partial charge < -0.3 is 15.4 Å². The maximum absolute atomic E-state index is 8.88. The highest BCUT2D eigenvalue weighted by molar-refractivity contribution is 9.10. The highest BCUT2D eigenvalue weighted by atomic mass is 79.9. The molecule has 5 heteroatoms. The first-order chi connectivity index (χ1) is 9.69. The van der Waals surface area contributed by atoms with Gasteiger partial charge >= 0.3 is 0 Å². The number of ether oxygens (including phenoxy) is 1. The minimum absolute atomic E-state index is 0.188. The summed E-state index contributed by atoms with van der Waals surface area (Å²) in [6.45, 7) is 3.74. The second-order valence-electron chi connectivity index (χ2n) is 5.34. The Hall–Kier alpha value is -1.09. The van der Waals surface area contributed by atoms with Crippen LogP contribution in [0.1, 0.15) is 18.4 Å². The first-order valence-corrected chi connectivity index (χ1v) is 7.62. The van der Waals surface area contributed by atoms with Crippen molar-refractivity contribution in [2.45, 2.75) is 12.8 Å². The lowest BCUT2D eigenvalue weighted by Crippen LogP contribution is -2.44. The van der Waals surface area contributed by atoms with Gasteiger partial charge in [0.2, 0.25) is 0 Å². The first-order valence-electron chi connectivity index (χ1n) is 6.82. The van der Waals surface area contributed by atoms with Crippen LogP contribution >= 0.6 is 15.9 Å². The molecule has 2 N–H and O–H groups in total. The predicted molar refractivity (Wildman–Crippen MR) is 83.8 cm³/mol. The van der Waals surface area contributed by atoms with Gasteiger partial charge in [0.05, 0.1) is 18.2 Å². The van der Waals surface area contributed by atoms with Gasteiger partial charge in [0.1, 0.15) is 0 Å². The standard InChI is InChI=1S/C15H20BrN3O/c1-20-11-15(4-6-18-7-5-15)10-19-14-3-2-12(9-17)8-13(14)16/h2-3,8,18-19H,4-7,10-11H2,1H3. The molecule has 1 heterocycles. The number of methoxy groups -OCH3 is 1. The molecular formula is C15H20BrN3O. The molecular weight excluding hydrogens is 318 g/mol. The molecule has 0 bridgehead atoms. The number of hydrogen-bond donors (Lipinski definition) is 2. The van der Waals surface area contributed by atoms with Crippen LogP contribution in [-0.2, 0) is 4.74 Å². The molecule has 1 saturated heterocycles. The highest BCUT2D eigenvalue weighted by Crippen LogP contribution is 2.31. The zero-order valence-electron chi connectivity index (χ0n) is 11.7. The lowest BCUT2D eigenvalue weighted by Gasteiger charge is -2.37. The number of nitrogens with one attached hydrogen (secondary N) is 2. The second-order valence-corrected chi connectivity index (χ2v) is 6.20. The second kappa shape index (κ2) is 7.07. The molecule has 108 valence electrons. The van der Waals surface area contributed by atoms with Gasteiger partial charge in [-0.25, -0.2) is 0 Å². The Balaban J connectivity index is 2.04. The third kappa shape index (κ3) is 3.72. The smallest absolute Gasteiger partial charge is 0.0992 e. The molecule has 0 unspecified atom stereocenters. The van der Waals surface area contributed by atoms with Gasteiger partial charge in [0.25, 0.3) is 0 Å². The van der Waals surface area contributed by atoms with Crippen molar-refractivity contribution in [3.8, 4) is 6.07 Å². The normalized spacial score (nSPS) is 17.4. The summed E-state index contributed by atoms with van der Waals surface area (Å²) in [7, 11) is 1.77. The van der Waals surface area contributed by atoms with E-state index in [1.54, 1.807) is 7.11 Å². The summed E-state index contributed by atoms with van der Waals surface area (Å²) in [6, 6.07) is 7.76.